The summed E-state index contributed by atoms with van der Waals surface area (Å²) in [4.78, 5) is 10.8. The Morgan fingerprint density at radius 1 is 1.08 bits per heavy atom. The summed E-state index contributed by atoms with van der Waals surface area (Å²) in [5.41, 5.74) is 1.51. The molecular weight excluding hydrogens is 312 g/mol. The molecule has 0 unspecified atom stereocenters. The lowest BCUT2D eigenvalue weighted by molar-refractivity contribution is -0.132. The van der Waals surface area contributed by atoms with Crippen molar-refractivity contribution in [2.75, 3.05) is 5.32 Å². The fourth-order valence-corrected chi connectivity index (χ4v) is 2.26. The molecule has 24 heavy (non-hydrogen) atoms. The number of aliphatic carboxylic acids is 1. The van der Waals surface area contributed by atoms with Gasteiger partial charge in [0.05, 0.1) is 0 Å². The zero-order valence-corrected chi connectivity index (χ0v) is 13.7. The monoisotopic (exact) mass is 331 g/mol. The van der Waals surface area contributed by atoms with Gasteiger partial charge < -0.3 is 10.4 Å². The molecule has 0 saturated carbocycles. The summed E-state index contributed by atoms with van der Waals surface area (Å²) in [6.07, 6.45) is 0.992. The van der Waals surface area contributed by atoms with Crippen molar-refractivity contribution in [2.45, 2.75) is 26.8 Å². The number of hydrogen-bond donors (Lipinski definition) is 2. The van der Waals surface area contributed by atoms with Gasteiger partial charge in [-0.2, -0.15) is 0 Å². The summed E-state index contributed by atoms with van der Waals surface area (Å²) in [6, 6.07) is 9.92. The summed E-state index contributed by atoms with van der Waals surface area (Å²) in [5.74, 6) is -2.81. The molecule has 0 aliphatic carbocycles. The van der Waals surface area contributed by atoms with Gasteiger partial charge in [-0.3, -0.25) is 0 Å². The number of anilines is 1. The maximum atomic E-state index is 14.2. The molecule has 2 N–H and O–H groups in total. The van der Waals surface area contributed by atoms with Crippen LogP contribution in [0.2, 0.25) is 0 Å². The first kappa shape index (κ1) is 17.7. The minimum Gasteiger partial charge on any atom is -0.478 e. The highest BCUT2D eigenvalue weighted by Crippen LogP contribution is 2.27. The second-order valence-corrected chi connectivity index (χ2v) is 5.86. The van der Waals surface area contributed by atoms with E-state index < -0.39 is 17.6 Å². The third kappa shape index (κ3) is 4.19. The first-order chi connectivity index (χ1) is 11.3. The van der Waals surface area contributed by atoms with E-state index in [1.165, 1.54) is 19.1 Å². The Labute approximate surface area is 139 Å². The van der Waals surface area contributed by atoms with E-state index in [0.29, 0.717) is 11.1 Å². The van der Waals surface area contributed by atoms with Crippen molar-refractivity contribution in [3.05, 3.63) is 59.2 Å². The molecule has 0 aliphatic heterocycles. The molecule has 3 nitrogen and oxygen atoms in total. The summed E-state index contributed by atoms with van der Waals surface area (Å²) < 4.78 is 28.4. The third-order valence-electron chi connectivity index (χ3n) is 3.45. The number of carboxylic acid groups (broad SMARTS) is 1. The second kappa shape index (κ2) is 7.25. The zero-order chi connectivity index (χ0) is 17.9. The minimum absolute atomic E-state index is 0.135. The van der Waals surface area contributed by atoms with E-state index in [2.05, 4.69) is 5.32 Å². The van der Waals surface area contributed by atoms with Crippen LogP contribution in [0.4, 0.5) is 14.5 Å². The Morgan fingerprint density at radius 3 is 2.08 bits per heavy atom. The predicted molar refractivity (Wildman–Crippen MR) is 91.8 cm³/mol. The molecule has 2 rings (SSSR count). The van der Waals surface area contributed by atoms with Gasteiger partial charge in [0.1, 0.15) is 11.6 Å². The molecule has 0 radical (unpaired) electrons. The molecule has 0 fully saturated rings. The number of hydrogen-bond acceptors (Lipinski definition) is 2. The van der Waals surface area contributed by atoms with Gasteiger partial charge in [0.2, 0.25) is 0 Å². The van der Waals surface area contributed by atoms with Crippen molar-refractivity contribution in [3.63, 3.8) is 0 Å². The van der Waals surface area contributed by atoms with Crippen molar-refractivity contribution < 1.29 is 18.7 Å². The first-order valence-corrected chi connectivity index (χ1v) is 7.55. The van der Waals surface area contributed by atoms with Crippen LogP contribution in [0.25, 0.3) is 17.2 Å². The molecular formula is C19H19F2NO2. The van der Waals surface area contributed by atoms with Gasteiger partial charge in [0.25, 0.3) is 0 Å². The molecule has 0 spiro atoms. The molecule has 2 aromatic carbocycles. The summed E-state index contributed by atoms with van der Waals surface area (Å²) in [5, 5.41) is 12.1. The predicted octanol–water partition coefficient (Wildman–Crippen LogP) is 4.94. The van der Waals surface area contributed by atoms with Gasteiger partial charge in [0, 0.05) is 22.9 Å². The maximum Gasteiger partial charge on any atom is 0.331 e. The van der Waals surface area contributed by atoms with E-state index in [1.54, 1.807) is 12.1 Å². The molecule has 126 valence electrons. The Morgan fingerprint density at radius 2 is 1.62 bits per heavy atom. The Hall–Kier alpha value is -2.69. The van der Waals surface area contributed by atoms with Crippen molar-refractivity contribution >= 4 is 17.7 Å². The first-order valence-electron chi connectivity index (χ1n) is 7.55. The largest absolute Gasteiger partial charge is 0.478 e. The SMILES string of the molecule is CC(=Cc1c(F)cc(-c2ccc(NC(C)C)cc2)cc1F)C(=O)O. The molecule has 0 heterocycles. The lowest BCUT2D eigenvalue weighted by Gasteiger charge is -2.11. The Kier molecular flexibility index (Phi) is 5.34. The van der Waals surface area contributed by atoms with Gasteiger partial charge >= 0.3 is 5.97 Å². The van der Waals surface area contributed by atoms with Crippen LogP contribution in [0.3, 0.4) is 0 Å². The lowest BCUT2D eigenvalue weighted by atomic mass is 10.0. The van der Waals surface area contributed by atoms with Crippen LogP contribution in [0.1, 0.15) is 26.3 Å². The fourth-order valence-electron chi connectivity index (χ4n) is 2.26. The molecule has 0 bridgehead atoms. The minimum atomic E-state index is -1.22. The molecule has 0 aromatic heterocycles. The zero-order valence-electron chi connectivity index (χ0n) is 13.7. The highest BCUT2D eigenvalue weighted by atomic mass is 19.1. The smallest absolute Gasteiger partial charge is 0.331 e. The number of rotatable bonds is 5. The van der Waals surface area contributed by atoms with Gasteiger partial charge in [-0.25, -0.2) is 13.6 Å². The van der Waals surface area contributed by atoms with Gasteiger partial charge in [0.15, 0.2) is 0 Å². The number of halogens is 2. The number of carbonyl (C=O) groups is 1. The highest BCUT2D eigenvalue weighted by molar-refractivity contribution is 5.91. The van der Waals surface area contributed by atoms with Crippen LogP contribution in [0, 0.1) is 11.6 Å². The molecule has 0 amide bonds. The Bertz CT molecular complexity index is 757. The van der Waals surface area contributed by atoms with Crippen molar-refractivity contribution in [3.8, 4) is 11.1 Å². The summed E-state index contributed by atoms with van der Waals surface area (Å²) >= 11 is 0. The normalized spacial score (nSPS) is 11.7. The quantitative estimate of drug-likeness (QED) is 0.763. The summed E-state index contributed by atoms with van der Waals surface area (Å²) in [7, 11) is 0. The van der Waals surface area contributed by atoms with Crippen LogP contribution in [-0.4, -0.2) is 17.1 Å². The number of benzene rings is 2. The van der Waals surface area contributed by atoms with E-state index in [-0.39, 0.29) is 17.2 Å². The van der Waals surface area contributed by atoms with E-state index in [0.717, 1.165) is 11.8 Å². The van der Waals surface area contributed by atoms with Crippen molar-refractivity contribution in [1.29, 1.82) is 0 Å². The highest BCUT2D eigenvalue weighted by Gasteiger charge is 2.12. The van der Waals surface area contributed by atoms with Crippen LogP contribution < -0.4 is 5.32 Å². The molecule has 5 heteroatoms. The maximum absolute atomic E-state index is 14.2. The third-order valence-corrected chi connectivity index (χ3v) is 3.45. The van der Waals surface area contributed by atoms with Crippen LogP contribution in [0.5, 0.6) is 0 Å². The van der Waals surface area contributed by atoms with Crippen LogP contribution >= 0.6 is 0 Å². The topological polar surface area (TPSA) is 49.3 Å². The van der Waals surface area contributed by atoms with Gasteiger partial charge in [-0.1, -0.05) is 12.1 Å². The van der Waals surface area contributed by atoms with E-state index in [9.17, 15) is 13.6 Å². The summed E-state index contributed by atoms with van der Waals surface area (Å²) in [6.45, 7) is 5.32. The molecule has 0 saturated heterocycles. The molecule has 2 aromatic rings. The van der Waals surface area contributed by atoms with E-state index >= 15 is 0 Å². The number of nitrogens with one attached hydrogen (secondary N) is 1. The van der Waals surface area contributed by atoms with E-state index in [1.807, 2.05) is 26.0 Å². The Balaban J connectivity index is 2.36. The standard InChI is InChI=1S/C19H19F2NO2/c1-11(2)22-15-6-4-13(5-7-15)14-9-17(20)16(18(21)10-14)8-12(3)19(23)24/h4-11,22H,1-3H3,(H,23,24). The van der Waals surface area contributed by atoms with E-state index in [4.69, 9.17) is 5.11 Å². The van der Waals surface area contributed by atoms with Crippen LogP contribution in [-0.2, 0) is 4.79 Å². The fraction of sp³-hybridized carbons (Fsp3) is 0.211. The average molecular weight is 331 g/mol. The van der Waals surface area contributed by atoms with Gasteiger partial charge in [-0.05, 0) is 62.2 Å². The van der Waals surface area contributed by atoms with Crippen molar-refractivity contribution in [1.82, 2.24) is 0 Å². The van der Waals surface area contributed by atoms with Crippen molar-refractivity contribution in [2.24, 2.45) is 0 Å². The second-order valence-electron chi connectivity index (χ2n) is 5.86. The molecule has 0 aliphatic rings. The average Bonchev–Trinajstić information content (AvgIpc) is 2.50. The van der Waals surface area contributed by atoms with Gasteiger partial charge in [-0.15, -0.1) is 0 Å². The van der Waals surface area contributed by atoms with Crippen LogP contribution in [0.15, 0.2) is 42.0 Å². The lowest BCUT2D eigenvalue weighted by Crippen LogP contribution is -2.09. The number of carboxylic acids is 1. The molecule has 0 atom stereocenters.